The molecule has 5 rings (SSSR count). The zero-order valence-corrected chi connectivity index (χ0v) is 34.8. The molecule has 0 saturated carbocycles. The molecule has 0 spiro atoms. The molecule has 0 N–H and O–H groups in total. The average molecular weight is 676 g/mol. The molecular weight excluding hydrogens is 608 g/mol. The van der Waals surface area contributed by atoms with Crippen LogP contribution in [-0.2, 0) is 14.0 Å². The van der Waals surface area contributed by atoms with E-state index in [4.69, 9.17) is 0 Å². The van der Waals surface area contributed by atoms with Gasteiger partial charge in [0.25, 0.3) is 0 Å². The van der Waals surface area contributed by atoms with E-state index in [9.17, 15) is 0 Å². The summed E-state index contributed by atoms with van der Waals surface area (Å²) in [6.07, 6.45) is 7.89. The second-order valence-electron chi connectivity index (χ2n) is 17.0. The van der Waals surface area contributed by atoms with E-state index < -0.39 is 22.1 Å². The van der Waals surface area contributed by atoms with Gasteiger partial charge in [0.1, 0.15) is 0 Å². The molecule has 2 aliphatic carbocycles. The van der Waals surface area contributed by atoms with Gasteiger partial charge in [0.05, 0.1) is 0 Å². The van der Waals surface area contributed by atoms with E-state index >= 15 is 0 Å². The van der Waals surface area contributed by atoms with Crippen LogP contribution in [0.3, 0.4) is 0 Å². The molecule has 1 heterocycles. The van der Waals surface area contributed by atoms with Crippen LogP contribution in [0.1, 0.15) is 199 Å². The van der Waals surface area contributed by atoms with Crippen LogP contribution < -0.4 is 0 Å². The molecule has 1 aliphatic heterocycles. The maximum absolute atomic E-state index is 2.79. The SMILES string of the molecule is CCC[CH2][V]1([CH2]CCC)[CH]2C(CC)=C(c3c(C(C)C)cc(C(C)C)cc32)[Si](C)(C)C2=C(CC)[CH]1c1cc(C(C)C)cc(C(C)C)c12. The number of fused-ring (bicyclic) bond motifs is 8. The maximum atomic E-state index is 2.79. The Labute approximate surface area is 288 Å². The van der Waals surface area contributed by atoms with Gasteiger partial charge in [-0.1, -0.05) is 0 Å². The van der Waals surface area contributed by atoms with E-state index in [1.807, 2.05) is 32.7 Å². The van der Waals surface area contributed by atoms with Crippen LogP contribution in [-0.4, -0.2) is 8.07 Å². The van der Waals surface area contributed by atoms with Gasteiger partial charge in [-0.15, -0.1) is 0 Å². The first-order valence-corrected chi connectivity index (χ1v) is 26.0. The fourth-order valence-electron chi connectivity index (χ4n) is 10.1. The molecule has 253 valence electrons. The molecule has 0 saturated heterocycles. The third-order valence-corrected chi connectivity index (χ3v) is 24.6. The van der Waals surface area contributed by atoms with Crippen molar-refractivity contribution >= 4 is 18.5 Å². The summed E-state index contributed by atoms with van der Waals surface area (Å²) in [6.45, 7) is 35.2. The van der Waals surface area contributed by atoms with Crippen LogP contribution in [0.15, 0.2) is 35.4 Å². The molecule has 2 aromatic carbocycles. The van der Waals surface area contributed by atoms with Crippen molar-refractivity contribution in [2.75, 3.05) is 0 Å². The summed E-state index contributed by atoms with van der Waals surface area (Å²) < 4.78 is 1.39. The minimum atomic E-state index is -2.57. The monoisotopic (exact) mass is 675 g/mol. The van der Waals surface area contributed by atoms with Crippen LogP contribution in [0, 0.1) is 0 Å². The number of benzene rings is 2. The van der Waals surface area contributed by atoms with Gasteiger partial charge in [-0.2, -0.15) is 0 Å². The summed E-state index contributed by atoms with van der Waals surface area (Å²) in [4.78, 5) is 0. The Morgan fingerprint density at radius 2 is 0.935 bits per heavy atom. The Morgan fingerprint density at radius 1 is 0.565 bits per heavy atom. The van der Waals surface area contributed by atoms with E-state index in [-0.39, 0.29) is 0 Å². The van der Waals surface area contributed by atoms with Crippen LogP contribution >= 0.6 is 0 Å². The van der Waals surface area contributed by atoms with Crippen molar-refractivity contribution in [2.24, 2.45) is 0 Å². The molecule has 0 radical (unpaired) electrons. The van der Waals surface area contributed by atoms with Gasteiger partial charge in [-0.05, 0) is 0 Å². The van der Waals surface area contributed by atoms with Gasteiger partial charge in [0.2, 0.25) is 0 Å². The number of allylic oxidation sites excluding steroid dienone is 2. The van der Waals surface area contributed by atoms with Crippen molar-refractivity contribution in [3.05, 3.63) is 79.9 Å². The van der Waals surface area contributed by atoms with E-state index in [1.54, 1.807) is 33.4 Å². The molecule has 2 aromatic rings. The second-order valence-corrected chi connectivity index (χ2v) is 27.7. The summed E-state index contributed by atoms with van der Waals surface area (Å²) in [6, 6.07) is 10.9. The minimum absolute atomic E-state index is 0.542. The summed E-state index contributed by atoms with van der Waals surface area (Å²) in [7, 11) is -2.10. The first kappa shape index (κ1) is 36.0. The number of hydrogen-bond donors (Lipinski definition) is 0. The zero-order chi connectivity index (χ0) is 33.9. The Balaban J connectivity index is 2.05. The molecule has 2 unspecified atom stereocenters. The molecule has 0 aromatic heterocycles. The van der Waals surface area contributed by atoms with Gasteiger partial charge >= 0.3 is 290 Å². The van der Waals surface area contributed by atoms with Gasteiger partial charge < -0.3 is 0 Å². The van der Waals surface area contributed by atoms with Crippen molar-refractivity contribution in [1.29, 1.82) is 0 Å². The van der Waals surface area contributed by atoms with E-state index in [2.05, 4.69) is 120 Å². The molecule has 3 aliphatic rings. The van der Waals surface area contributed by atoms with Gasteiger partial charge in [-0.3, -0.25) is 0 Å². The van der Waals surface area contributed by atoms with Crippen molar-refractivity contribution in [3.8, 4) is 0 Å². The molecular formula is C44H68SiV. The fraction of sp³-hybridized carbons (Fsp3) is 0.636. The average Bonchev–Trinajstić information content (AvgIpc) is 3.55. The van der Waals surface area contributed by atoms with Crippen LogP contribution in [0.4, 0.5) is 0 Å². The topological polar surface area (TPSA) is 0 Å². The Bertz CT molecular complexity index is 1410. The normalized spacial score (nSPS) is 21.2. The molecule has 46 heavy (non-hydrogen) atoms. The summed E-state index contributed by atoms with van der Waals surface area (Å²) in [5.41, 5.74) is 17.5. The first-order chi connectivity index (χ1) is 21.7. The predicted molar refractivity (Wildman–Crippen MR) is 206 cm³/mol. The molecule has 4 bridgehead atoms. The first-order valence-electron chi connectivity index (χ1n) is 19.4. The van der Waals surface area contributed by atoms with Crippen molar-refractivity contribution in [1.82, 2.24) is 0 Å². The van der Waals surface area contributed by atoms with E-state index in [0.717, 1.165) is 0 Å². The zero-order valence-electron chi connectivity index (χ0n) is 32.4. The van der Waals surface area contributed by atoms with Gasteiger partial charge in [0, 0.05) is 0 Å². The van der Waals surface area contributed by atoms with Crippen LogP contribution in [0.25, 0.3) is 10.4 Å². The second kappa shape index (κ2) is 13.6. The van der Waals surface area contributed by atoms with Crippen molar-refractivity contribution < 1.29 is 14.0 Å². The molecule has 0 nitrogen and oxygen atoms in total. The summed E-state index contributed by atoms with van der Waals surface area (Å²) >= 11 is -2.57. The third-order valence-electron chi connectivity index (χ3n) is 12.3. The number of hydrogen-bond acceptors (Lipinski definition) is 0. The van der Waals surface area contributed by atoms with Crippen LogP contribution in [0.5, 0.6) is 0 Å². The molecule has 2 atom stereocenters. The van der Waals surface area contributed by atoms with Gasteiger partial charge in [-0.25, -0.2) is 0 Å². The van der Waals surface area contributed by atoms with Crippen LogP contribution in [0.2, 0.25) is 23.4 Å². The number of unbranched alkanes of at least 4 members (excludes halogenated alkanes) is 2. The fourth-order valence-corrected chi connectivity index (χ4v) is 25.4. The Morgan fingerprint density at radius 3 is 1.22 bits per heavy atom. The van der Waals surface area contributed by atoms with E-state index in [0.29, 0.717) is 32.9 Å². The quantitative estimate of drug-likeness (QED) is 0.196. The van der Waals surface area contributed by atoms with Crippen molar-refractivity contribution in [3.63, 3.8) is 0 Å². The summed E-state index contributed by atoms with van der Waals surface area (Å²) in [5, 5.41) is 6.79. The molecule has 0 fully saturated rings. The summed E-state index contributed by atoms with van der Waals surface area (Å²) in [5.74, 6) is 2.21. The Kier molecular flexibility index (Phi) is 10.6. The van der Waals surface area contributed by atoms with Gasteiger partial charge in [0.15, 0.2) is 0 Å². The number of rotatable bonds is 12. The standard InChI is InChI=1S/C36H50Si.2C4H9.V/c1-13-25-15-29-17-27(21(3)4)19-31(23(7)8)33(29)35(25)37(11,12)36-26(14-2)16-30-18-28(22(5)6)20-32(24(9)10)34(30)36;2*1-3-4-2;/h15-24H,13-14H2,1-12H3;2*1,3-4H2,2H3;. The van der Waals surface area contributed by atoms with Crippen molar-refractivity contribution in [2.45, 2.75) is 178 Å². The predicted octanol–water partition coefficient (Wildman–Crippen LogP) is 14.7. The Hall–Kier alpha value is -1.28. The van der Waals surface area contributed by atoms with E-state index in [1.165, 1.54) is 48.8 Å². The molecule has 2 heteroatoms. The molecule has 0 amide bonds. The third kappa shape index (κ3) is 5.46.